The van der Waals surface area contributed by atoms with Gasteiger partial charge in [-0.15, -0.1) is 0 Å². The second-order valence-electron chi connectivity index (χ2n) is 6.46. The van der Waals surface area contributed by atoms with Crippen molar-refractivity contribution in [1.82, 2.24) is 4.90 Å². The number of benzene rings is 1. The van der Waals surface area contributed by atoms with Gasteiger partial charge in [-0.05, 0) is 49.9 Å². The summed E-state index contributed by atoms with van der Waals surface area (Å²) in [4.78, 5) is 16.9. The van der Waals surface area contributed by atoms with Crippen LogP contribution in [-0.4, -0.2) is 50.7 Å². The number of rotatable bonds is 4. The van der Waals surface area contributed by atoms with Crippen LogP contribution < -0.4 is 4.90 Å². The molecule has 0 aliphatic carbocycles. The summed E-state index contributed by atoms with van der Waals surface area (Å²) < 4.78 is 5.20. The van der Waals surface area contributed by atoms with Crippen LogP contribution in [0.5, 0.6) is 0 Å². The van der Waals surface area contributed by atoms with E-state index in [1.807, 2.05) is 17.0 Å². The predicted octanol–water partition coefficient (Wildman–Crippen LogP) is 2.79. The van der Waals surface area contributed by atoms with Gasteiger partial charge in [0.2, 0.25) is 0 Å². The van der Waals surface area contributed by atoms with E-state index in [0.717, 1.165) is 44.8 Å². The number of nitrogens with zero attached hydrogens (tertiary/aromatic N) is 2. The largest absolute Gasteiger partial charge is 0.384 e. The molecule has 0 aromatic heterocycles. The van der Waals surface area contributed by atoms with E-state index in [9.17, 15) is 4.79 Å². The van der Waals surface area contributed by atoms with Crippen molar-refractivity contribution in [3.05, 3.63) is 29.8 Å². The van der Waals surface area contributed by atoms with Crippen LogP contribution in [0.3, 0.4) is 0 Å². The third-order valence-corrected chi connectivity index (χ3v) is 4.81. The van der Waals surface area contributed by atoms with Crippen LogP contribution in [0.2, 0.25) is 0 Å². The molecule has 22 heavy (non-hydrogen) atoms. The lowest BCUT2D eigenvalue weighted by atomic mass is 10.1. The summed E-state index contributed by atoms with van der Waals surface area (Å²) in [6.07, 6.45) is 4.93. The van der Waals surface area contributed by atoms with Gasteiger partial charge in [0.15, 0.2) is 0 Å². The van der Waals surface area contributed by atoms with Gasteiger partial charge in [-0.25, -0.2) is 0 Å². The molecule has 1 aromatic carbocycles. The lowest BCUT2D eigenvalue weighted by molar-refractivity contribution is 0.0775. The van der Waals surface area contributed by atoms with E-state index >= 15 is 0 Å². The predicted molar refractivity (Wildman–Crippen MR) is 88.4 cm³/mol. The molecule has 2 saturated heterocycles. The Morgan fingerprint density at radius 2 is 1.86 bits per heavy atom. The van der Waals surface area contributed by atoms with Crippen molar-refractivity contribution in [3.63, 3.8) is 0 Å². The number of piperidine rings is 1. The second kappa shape index (κ2) is 7.14. The molecule has 0 N–H and O–H groups in total. The van der Waals surface area contributed by atoms with Gasteiger partial charge >= 0.3 is 0 Å². The number of anilines is 1. The number of carbonyl (C=O) groups excluding carboxylic acids is 1. The highest BCUT2D eigenvalue weighted by molar-refractivity contribution is 5.94. The number of ether oxygens (including phenoxy) is 1. The number of likely N-dealkylation sites (tertiary alicyclic amines) is 1. The quantitative estimate of drug-likeness (QED) is 0.857. The van der Waals surface area contributed by atoms with Crippen molar-refractivity contribution in [2.75, 3.05) is 44.8 Å². The maximum atomic E-state index is 12.6. The summed E-state index contributed by atoms with van der Waals surface area (Å²) in [5.41, 5.74) is 2.05. The molecule has 1 unspecified atom stereocenters. The molecular weight excluding hydrogens is 276 g/mol. The first-order chi connectivity index (χ1) is 10.8. The van der Waals surface area contributed by atoms with Crippen LogP contribution >= 0.6 is 0 Å². The van der Waals surface area contributed by atoms with E-state index in [0.29, 0.717) is 5.92 Å². The Kier molecular flexibility index (Phi) is 4.98. The zero-order valence-electron chi connectivity index (χ0n) is 13.5. The fraction of sp³-hybridized carbons (Fsp3) is 0.611. The Labute approximate surface area is 133 Å². The molecular formula is C18H26N2O2. The van der Waals surface area contributed by atoms with Gasteiger partial charge in [0.1, 0.15) is 0 Å². The van der Waals surface area contributed by atoms with Crippen molar-refractivity contribution in [3.8, 4) is 0 Å². The summed E-state index contributed by atoms with van der Waals surface area (Å²) in [7, 11) is 1.73. The summed E-state index contributed by atoms with van der Waals surface area (Å²) in [6.45, 7) is 4.69. The average Bonchev–Trinajstić information content (AvgIpc) is 3.04. The first-order valence-corrected chi connectivity index (χ1v) is 8.41. The zero-order valence-corrected chi connectivity index (χ0v) is 13.5. The minimum atomic E-state index is 0.156. The third-order valence-electron chi connectivity index (χ3n) is 4.81. The van der Waals surface area contributed by atoms with Gasteiger partial charge in [-0.2, -0.15) is 0 Å². The van der Waals surface area contributed by atoms with E-state index in [2.05, 4.69) is 17.0 Å². The standard InChI is InChI=1S/C18H26N2O2/c1-22-14-15-9-12-20(13-15)18(21)16-5-7-17(8-6-16)19-10-3-2-4-11-19/h5-8,15H,2-4,9-14H2,1H3. The number of carbonyl (C=O) groups is 1. The Morgan fingerprint density at radius 3 is 2.55 bits per heavy atom. The molecule has 1 amide bonds. The average molecular weight is 302 g/mol. The van der Waals surface area contributed by atoms with Crippen molar-refractivity contribution in [2.24, 2.45) is 5.92 Å². The summed E-state index contributed by atoms with van der Waals surface area (Å²) in [6, 6.07) is 8.16. The van der Waals surface area contributed by atoms with Crippen molar-refractivity contribution in [1.29, 1.82) is 0 Å². The minimum absolute atomic E-state index is 0.156. The second-order valence-corrected chi connectivity index (χ2v) is 6.46. The van der Waals surface area contributed by atoms with E-state index in [-0.39, 0.29) is 5.91 Å². The molecule has 120 valence electrons. The van der Waals surface area contributed by atoms with Gasteiger partial charge in [0.05, 0.1) is 6.61 Å². The van der Waals surface area contributed by atoms with Gasteiger partial charge < -0.3 is 14.5 Å². The molecule has 0 bridgehead atoms. The number of hydrogen-bond acceptors (Lipinski definition) is 3. The molecule has 2 heterocycles. The highest BCUT2D eigenvalue weighted by Gasteiger charge is 2.26. The molecule has 0 saturated carbocycles. The molecule has 0 spiro atoms. The molecule has 2 fully saturated rings. The smallest absolute Gasteiger partial charge is 0.253 e. The molecule has 4 heteroatoms. The molecule has 0 radical (unpaired) electrons. The fourth-order valence-electron chi connectivity index (χ4n) is 3.54. The topological polar surface area (TPSA) is 32.8 Å². The van der Waals surface area contributed by atoms with Crippen LogP contribution in [-0.2, 0) is 4.74 Å². The van der Waals surface area contributed by atoms with Crippen molar-refractivity contribution < 1.29 is 9.53 Å². The summed E-state index contributed by atoms with van der Waals surface area (Å²) in [5, 5.41) is 0. The van der Waals surface area contributed by atoms with E-state index in [1.54, 1.807) is 7.11 Å². The Morgan fingerprint density at radius 1 is 1.14 bits per heavy atom. The highest BCUT2D eigenvalue weighted by Crippen LogP contribution is 2.22. The van der Waals surface area contributed by atoms with Crippen LogP contribution in [0, 0.1) is 5.92 Å². The van der Waals surface area contributed by atoms with Crippen molar-refractivity contribution in [2.45, 2.75) is 25.7 Å². The monoisotopic (exact) mass is 302 g/mol. The molecule has 1 atom stereocenters. The number of methoxy groups -OCH3 is 1. The SMILES string of the molecule is COCC1CCN(C(=O)c2ccc(N3CCCCC3)cc2)C1. The maximum Gasteiger partial charge on any atom is 0.253 e. The maximum absolute atomic E-state index is 12.6. The van der Waals surface area contributed by atoms with Gasteiger partial charge in [-0.3, -0.25) is 4.79 Å². The normalized spacial score (nSPS) is 22.1. The fourth-order valence-corrected chi connectivity index (χ4v) is 3.54. The first kappa shape index (κ1) is 15.3. The summed E-state index contributed by atoms with van der Waals surface area (Å²) >= 11 is 0. The molecule has 2 aliphatic rings. The van der Waals surface area contributed by atoms with Crippen molar-refractivity contribution >= 4 is 11.6 Å². The van der Waals surface area contributed by atoms with Crippen LogP contribution in [0.1, 0.15) is 36.0 Å². The number of hydrogen-bond donors (Lipinski definition) is 0. The Hall–Kier alpha value is -1.55. The van der Waals surface area contributed by atoms with E-state index < -0.39 is 0 Å². The van der Waals surface area contributed by atoms with Crippen LogP contribution in [0.4, 0.5) is 5.69 Å². The minimum Gasteiger partial charge on any atom is -0.384 e. The Balaban J connectivity index is 1.61. The molecule has 3 rings (SSSR count). The van der Waals surface area contributed by atoms with Crippen LogP contribution in [0.25, 0.3) is 0 Å². The van der Waals surface area contributed by atoms with Gasteiger partial charge in [0.25, 0.3) is 5.91 Å². The van der Waals surface area contributed by atoms with Gasteiger partial charge in [-0.1, -0.05) is 0 Å². The highest BCUT2D eigenvalue weighted by atomic mass is 16.5. The molecule has 4 nitrogen and oxygen atoms in total. The molecule has 2 aliphatic heterocycles. The lowest BCUT2D eigenvalue weighted by Gasteiger charge is -2.29. The number of amides is 1. The lowest BCUT2D eigenvalue weighted by Crippen LogP contribution is -2.30. The van der Waals surface area contributed by atoms with E-state index in [1.165, 1.54) is 24.9 Å². The van der Waals surface area contributed by atoms with Crippen LogP contribution in [0.15, 0.2) is 24.3 Å². The van der Waals surface area contributed by atoms with E-state index in [4.69, 9.17) is 4.74 Å². The third kappa shape index (κ3) is 3.43. The zero-order chi connectivity index (χ0) is 15.4. The Bertz CT molecular complexity index is 494. The molecule has 1 aromatic rings. The first-order valence-electron chi connectivity index (χ1n) is 8.41. The van der Waals surface area contributed by atoms with Gasteiger partial charge in [0, 0.05) is 50.5 Å². The summed E-state index contributed by atoms with van der Waals surface area (Å²) in [5.74, 6) is 0.644.